The van der Waals surface area contributed by atoms with Crippen molar-refractivity contribution in [3.63, 3.8) is 0 Å². The minimum Gasteiger partial charge on any atom is -0.496 e. The Labute approximate surface area is 159 Å². The van der Waals surface area contributed by atoms with Crippen LogP contribution in [0.1, 0.15) is 34.2 Å². The van der Waals surface area contributed by atoms with Crippen molar-refractivity contribution in [3.05, 3.63) is 83.2 Å². The van der Waals surface area contributed by atoms with E-state index in [-0.39, 0.29) is 0 Å². The number of esters is 1. The highest BCUT2D eigenvalue weighted by Crippen LogP contribution is 2.32. The fourth-order valence-corrected chi connectivity index (χ4v) is 2.97. The number of carbonyl (C=O) groups is 1. The van der Waals surface area contributed by atoms with Crippen LogP contribution >= 0.6 is 0 Å². The van der Waals surface area contributed by atoms with Crippen LogP contribution in [-0.4, -0.2) is 24.7 Å². The number of methoxy groups -OCH3 is 1. The number of ether oxygens (including phenoxy) is 2. The van der Waals surface area contributed by atoms with E-state index < -0.39 is 5.97 Å². The lowest BCUT2D eigenvalue weighted by atomic mass is 9.97. The van der Waals surface area contributed by atoms with E-state index in [1.54, 1.807) is 20.1 Å². The van der Waals surface area contributed by atoms with Crippen LogP contribution in [0.4, 0.5) is 0 Å². The summed E-state index contributed by atoms with van der Waals surface area (Å²) in [6.07, 6.45) is 0.612. The molecule has 0 aliphatic carbocycles. The molecule has 138 valence electrons. The number of aromatic nitrogens is 1. The van der Waals surface area contributed by atoms with E-state index in [9.17, 15) is 4.79 Å². The first kappa shape index (κ1) is 18.6. The van der Waals surface area contributed by atoms with Crippen LogP contribution < -0.4 is 4.74 Å². The molecular weight excluding hydrogens is 338 g/mol. The maximum absolute atomic E-state index is 12.2. The highest BCUT2D eigenvalue weighted by molar-refractivity contribution is 5.88. The summed E-state index contributed by atoms with van der Waals surface area (Å²) in [5.41, 5.74) is 5.36. The van der Waals surface area contributed by atoms with Crippen LogP contribution in [0.5, 0.6) is 5.75 Å². The van der Waals surface area contributed by atoms with Crippen molar-refractivity contribution in [3.8, 4) is 16.9 Å². The van der Waals surface area contributed by atoms with E-state index >= 15 is 0 Å². The molecule has 0 unspecified atom stereocenters. The van der Waals surface area contributed by atoms with Gasteiger partial charge in [-0.3, -0.25) is 0 Å². The zero-order valence-electron chi connectivity index (χ0n) is 15.9. The summed E-state index contributed by atoms with van der Waals surface area (Å²) in [7, 11) is 1.65. The molecule has 0 fully saturated rings. The van der Waals surface area contributed by atoms with E-state index in [0.717, 1.165) is 28.1 Å². The lowest BCUT2D eigenvalue weighted by molar-refractivity contribution is 0.0519. The number of carbonyl (C=O) groups excluding carboxylic acids is 1. The number of hydrogen-bond acceptors (Lipinski definition) is 4. The van der Waals surface area contributed by atoms with Gasteiger partial charge in [-0.25, -0.2) is 9.78 Å². The molecule has 0 radical (unpaired) electrons. The van der Waals surface area contributed by atoms with E-state index in [0.29, 0.717) is 18.7 Å². The van der Waals surface area contributed by atoms with E-state index in [4.69, 9.17) is 9.47 Å². The topological polar surface area (TPSA) is 48.4 Å². The third kappa shape index (κ3) is 4.34. The van der Waals surface area contributed by atoms with Crippen molar-refractivity contribution >= 4 is 5.97 Å². The zero-order valence-corrected chi connectivity index (χ0v) is 15.9. The summed E-state index contributed by atoms with van der Waals surface area (Å²) in [6.45, 7) is 4.17. The molecule has 3 rings (SSSR count). The number of nitrogens with zero attached hydrogens (tertiary/aromatic N) is 1. The first-order valence-corrected chi connectivity index (χ1v) is 8.98. The standard InChI is InChI=1S/C23H23NO3/c1-4-27-23(25)20-14-13-18(19-7-5-6-8-22(19)26-3)21(24-20)15-17-11-9-16(2)10-12-17/h5-14H,4,15H2,1-3H3. The molecule has 0 amide bonds. The number of rotatable bonds is 6. The number of benzene rings is 2. The molecule has 0 atom stereocenters. The predicted molar refractivity (Wildman–Crippen MR) is 106 cm³/mol. The Bertz CT molecular complexity index is 933. The Hall–Kier alpha value is -3.14. The van der Waals surface area contributed by atoms with Gasteiger partial charge in [-0.05, 0) is 37.6 Å². The Morgan fingerprint density at radius 2 is 1.70 bits per heavy atom. The van der Waals surface area contributed by atoms with Gasteiger partial charge in [0.05, 0.1) is 19.4 Å². The fourth-order valence-electron chi connectivity index (χ4n) is 2.97. The smallest absolute Gasteiger partial charge is 0.356 e. The van der Waals surface area contributed by atoms with Gasteiger partial charge in [0.2, 0.25) is 0 Å². The number of hydrogen-bond donors (Lipinski definition) is 0. The molecule has 0 bridgehead atoms. The van der Waals surface area contributed by atoms with E-state index in [1.807, 2.05) is 30.3 Å². The van der Waals surface area contributed by atoms with Crippen molar-refractivity contribution in [1.29, 1.82) is 0 Å². The first-order chi connectivity index (χ1) is 13.1. The quantitative estimate of drug-likeness (QED) is 0.590. The monoisotopic (exact) mass is 361 g/mol. The molecule has 4 heteroatoms. The molecule has 0 aliphatic heterocycles. The van der Waals surface area contributed by atoms with Crippen LogP contribution in [0.25, 0.3) is 11.1 Å². The molecular formula is C23H23NO3. The third-order valence-corrected chi connectivity index (χ3v) is 4.35. The highest BCUT2D eigenvalue weighted by Gasteiger charge is 2.16. The van der Waals surface area contributed by atoms with Crippen molar-refractivity contribution in [2.24, 2.45) is 0 Å². The molecule has 0 saturated carbocycles. The Kier molecular flexibility index (Phi) is 5.87. The average molecular weight is 361 g/mol. The largest absolute Gasteiger partial charge is 0.496 e. The van der Waals surface area contributed by atoms with Crippen molar-refractivity contribution in [2.75, 3.05) is 13.7 Å². The second-order valence-electron chi connectivity index (χ2n) is 6.27. The second kappa shape index (κ2) is 8.49. The van der Waals surface area contributed by atoms with Gasteiger partial charge in [-0.15, -0.1) is 0 Å². The highest BCUT2D eigenvalue weighted by atomic mass is 16.5. The Balaban J connectivity index is 2.08. The molecule has 1 aromatic heterocycles. The van der Waals surface area contributed by atoms with Gasteiger partial charge in [0.1, 0.15) is 11.4 Å². The number of pyridine rings is 1. The molecule has 1 heterocycles. The summed E-state index contributed by atoms with van der Waals surface area (Å²) in [5.74, 6) is 0.363. The number of para-hydroxylation sites is 1. The number of aryl methyl sites for hydroxylation is 1. The van der Waals surface area contributed by atoms with E-state index in [2.05, 4.69) is 36.2 Å². The van der Waals surface area contributed by atoms with Crippen molar-refractivity contribution in [1.82, 2.24) is 4.98 Å². The minimum absolute atomic E-state index is 0.317. The van der Waals surface area contributed by atoms with Gasteiger partial charge < -0.3 is 9.47 Å². The molecule has 4 nitrogen and oxygen atoms in total. The summed E-state index contributed by atoms with van der Waals surface area (Å²) in [5, 5.41) is 0. The van der Waals surface area contributed by atoms with Gasteiger partial charge in [0.25, 0.3) is 0 Å². The van der Waals surface area contributed by atoms with Crippen LogP contribution in [0.15, 0.2) is 60.7 Å². The molecule has 0 saturated heterocycles. The summed E-state index contributed by atoms with van der Waals surface area (Å²) in [4.78, 5) is 16.8. The average Bonchev–Trinajstić information content (AvgIpc) is 2.70. The minimum atomic E-state index is -0.408. The summed E-state index contributed by atoms with van der Waals surface area (Å²) >= 11 is 0. The van der Waals surface area contributed by atoms with Gasteiger partial charge in [0, 0.05) is 17.5 Å². The summed E-state index contributed by atoms with van der Waals surface area (Å²) < 4.78 is 10.6. The van der Waals surface area contributed by atoms with Crippen LogP contribution in [-0.2, 0) is 11.2 Å². The van der Waals surface area contributed by atoms with Crippen molar-refractivity contribution in [2.45, 2.75) is 20.3 Å². The van der Waals surface area contributed by atoms with Gasteiger partial charge >= 0.3 is 5.97 Å². The normalized spacial score (nSPS) is 10.5. The van der Waals surface area contributed by atoms with E-state index in [1.165, 1.54) is 5.56 Å². The molecule has 0 aliphatic rings. The van der Waals surface area contributed by atoms with Crippen LogP contribution in [0.3, 0.4) is 0 Å². The van der Waals surface area contributed by atoms with Gasteiger partial charge in [-0.2, -0.15) is 0 Å². The van der Waals surface area contributed by atoms with Gasteiger partial charge in [-0.1, -0.05) is 48.0 Å². The maximum Gasteiger partial charge on any atom is 0.356 e. The third-order valence-electron chi connectivity index (χ3n) is 4.35. The molecule has 0 N–H and O–H groups in total. The Morgan fingerprint density at radius 1 is 0.963 bits per heavy atom. The lowest BCUT2D eigenvalue weighted by Crippen LogP contribution is -2.09. The molecule has 2 aromatic carbocycles. The maximum atomic E-state index is 12.2. The predicted octanol–water partition coefficient (Wildman–Crippen LogP) is 4.83. The molecule has 27 heavy (non-hydrogen) atoms. The fraction of sp³-hybridized carbons (Fsp3) is 0.217. The second-order valence-corrected chi connectivity index (χ2v) is 6.27. The Morgan fingerprint density at radius 3 is 2.41 bits per heavy atom. The van der Waals surface area contributed by atoms with Crippen LogP contribution in [0, 0.1) is 6.92 Å². The lowest BCUT2D eigenvalue weighted by Gasteiger charge is -2.14. The van der Waals surface area contributed by atoms with Crippen molar-refractivity contribution < 1.29 is 14.3 Å². The first-order valence-electron chi connectivity index (χ1n) is 8.98. The van der Waals surface area contributed by atoms with Crippen LogP contribution in [0.2, 0.25) is 0 Å². The van der Waals surface area contributed by atoms with Gasteiger partial charge in [0.15, 0.2) is 0 Å². The molecule has 0 spiro atoms. The molecule has 3 aromatic rings. The zero-order chi connectivity index (χ0) is 19.2. The summed E-state index contributed by atoms with van der Waals surface area (Å²) in [6, 6.07) is 19.8. The SMILES string of the molecule is CCOC(=O)c1ccc(-c2ccccc2OC)c(Cc2ccc(C)cc2)n1.